The standard InChI is InChI=1S/C30H30O2S/c31-29-17-9-7-15-27(29)25(19-23-11-3-1-4-12-23)21-33-22-26(20-24-13-5-2-6-14-24)28-16-8-10-18-30(28)32/h1-18,25-26,31-32H,19-22H2. The zero-order valence-electron chi connectivity index (χ0n) is 18.7. The highest BCUT2D eigenvalue weighted by molar-refractivity contribution is 7.99. The number of rotatable bonds is 10. The van der Waals surface area contributed by atoms with Crippen LogP contribution in [0.4, 0.5) is 0 Å². The van der Waals surface area contributed by atoms with Gasteiger partial charge < -0.3 is 10.2 Å². The molecule has 0 aliphatic rings. The van der Waals surface area contributed by atoms with Crippen LogP contribution in [-0.2, 0) is 12.8 Å². The molecule has 0 aromatic heterocycles. The van der Waals surface area contributed by atoms with E-state index in [2.05, 4.69) is 48.5 Å². The second-order valence-corrected chi connectivity index (χ2v) is 9.50. The molecule has 0 saturated carbocycles. The van der Waals surface area contributed by atoms with Gasteiger partial charge in [-0.05, 0) is 47.2 Å². The third-order valence-corrected chi connectivity index (χ3v) is 7.32. The summed E-state index contributed by atoms with van der Waals surface area (Å²) in [6.07, 6.45) is 1.76. The van der Waals surface area contributed by atoms with Crippen molar-refractivity contribution in [3.05, 3.63) is 131 Å². The van der Waals surface area contributed by atoms with Crippen molar-refractivity contribution in [1.82, 2.24) is 0 Å². The van der Waals surface area contributed by atoms with Crippen LogP contribution < -0.4 is 0 Å². The highest BCUT2D eigenvalue weighted by atomic mass is 32.2. The summed E-state index contributed by atoms with van der Waals surface area (Å²) in [5, 5.41) is 21.1. The first-order valence-corrected chi connectivity index (χ1v) is 12.6. The number of phenols is 2. The molecule has 0 spiro atoms. The van der Waals surface area contributed by atoms with Gasteiger partial charge in [0.05, 0.1) is 0 Å². The molecule has 0 radical (unpaired) electrons. The number of thioether (sulfide) groups is 1. The van der Waals surface area contributed by atoms with Crippen molar-refractivity contribution >= 4 is 11.8 Å². The maximum absolute atomic E-state index is 10.5. The van der Waals surface area contributed by atoms with Gasteiger partial charge in [0.1, 0.15) is 11.5 Å². The number of para-hydroxylation sites is 2. The number of hydrogen-bond donors (Lipinski definition) is 2. The summed E-state index contributed by atoms with van der Waals surface area (Å²) < 4.78 is 0. The van der Waals surface area contributed by atoms with Crippen LogP contribution in [0.3, 0.4) is 0 Å². The van der Waals surface area contributed by atoms with Crippen molar-refractivity contribution < 1.29 is 10.2 Å². The Kier molecular flexibility index (Phi) is 8.10. The van der Waals surface area contributed by atoms with Crippen molar-refractivity contribution in [3.63, 3.8) is 0 Å². The lowest BCUT2D eigenvalue weighted by atomic mass is 9.92. The zero-order chi connectivity index (χ0) is 22.9. The van der Waals surface area contributed by atoms with Gasteiger partial charge in [0, 0.05) is 23.3 Å². The van der Waals surface area contributed by atoms with Gasteiger partial charge in [-0.25, -0.2) is 0 Å². The van der Waals surface area contributed by atoms with Crippen LogP contribution >= 0.6 is 11.8 Å². The van der Waals surface area contributed by atoms with E-state index in [9.17, 15) is 10.2 Å². The summed E-state index contributed by atoms with van der Waals surface area (Å²) in [6, 6.07) is 36.3. The Bertz CT molecular complexity index is 1040. The van der Waals surface area contributed by atoms with Gasteiger partial charge in [-0.2, -0.15) is 11.8 Å². The minimum Gasteiger partial charge on any atom is -0.508 e. The largest absolute Gasteiger partial charge is 0.508 e. The molecule has 4 rings (SSSR count). The summed E-state index contributed by atoms with van der Waals surface area (Å²) in [5.74, 6) is 2.93. The Balaban J connectivity index is 1.51. The molecule has 0 heterocycles. The lowest BCUT2D eigenvalue weighted by Gasteiger charge is -2.22. The quantitative estimate of drug-likeness (QED) is 0.266. The number of benzene rings is 4. The predicted molar refractivity (Wildman–Crippen MR) is 139 cm³/mol. The second-order valence-electron chi connectivity index (χ2n) is 8.43. The van der Waals surface area contributed by atoms with E-state index < -0.39 is 0 Å². The summed E-state index contributed by atoms with van der Waals surface area (Å²) in [7, 11) is 0. The predicted octanol–water partition coefficient (Wildman–Crippen LogP) is 7.18. The van der Waals surface area contributed by atoms with E-state index in [0.717, 1.165) is 35.5 Å². The zero-order valence-corrected chi connectivity index (χ0v) is 19.5. The first-order chi connectivity index (χ1) is 16.2. The van der Waals surface area contributed by atoms with Crippen LogP contribution in [0, 0.1) is 0 Å². The Morgan fingerprint density at radius 1 is 0.485 bits per heavy atom. The normalized spacial score (nSPS) is 12.8. The Morgan fingerprint density at radius 3 is 1.24 bits per heavy atom. The van der Waals surface area contributed by atoms with E-state index in [1.165, 1.54) is 11.1 Å². The third kappa shape index (κ3) is 6.43. The molecule has 2 atom stereocenters. The van der Waals surface area contributed by atoms with Crippen molar-refractivity contribution in [3.8, 4) is 11.5 Å². The van der Waals surface area contributed by atoms with Crippen LogP contribution in [0.5, 0.6) is 11.5 Å². The molecule has 168 valence electrons. The molecular formula is C30H30O2S. The third-order valence-electron chi connectivity index (χ3n) is 6.04. The maximum Gasteiger partial charge on any atom is 0.119 e. The lowest BCUT2D eigenvalue weighted by molar-refractivity contribution is 0.463. The molecule has 2 nitrogen and oxygen atoms in total. The monoisotopic (exact) mass is 454 g/mol. The highest BCUT2D eigenvalue weighted by Crippen LogP contribution is 2.35. The van der Waals surface area contributed by atoms with E-state index in [4.69, 9.17) is 0 Å². The Morgan fingerprint density at radius 2 is 0.848 bits per heavy atom. The molecule has 3 heteroatoms. The van der Waals surface area contributed by atoms with Crippen LogP contribution in [-0.4, -0.2) is 21.7 Å². The highest BCUT2D eigenvalue weighted by Gasteiger charge is 2.20. The van der Waals surface area contributed by atoms with Crippen molar-refractivity contribution in [1.29, 1.82) is 0 Å². The van der Waals surface area contributed by atoms with Crippen molar-refractivity contribution in [2.24, 2.45) is 0 Å². The van der Waals surface area contributed by atoms with E-state index in [1.54, 1.807) is 12.1 Å². The molecule has 33 heavy (non-hydrogen) atoms. The topological polar surface area (TPSA) is 40.5 Å². The Labute approximate surface area is 201 Å². The van der Waals surface area contributed by atoms with Crippen LogP contribution in [0.15, 0.2) is 109 Å². The van der Waals surface area contributed by atoms with E-state index in [1.807, 2.05) is 60.3 Å². The fraction of sp³-hybridized carbons (Fsp3) is 0.200. The molecule has 0 aliphatic heterocycles. The molecule has 4 aromatic carbocycles. The van der Waals surface area contributed by atoms with Crippen LogP contribution in [0.2, 0.25) is 0 Å². The van der Waals surface area contributed by atoms with Gasteiger partial charge in [0.25, 0.3) is 0 Å². The van der Waals surface area contributed by atoms with E-state index in [0.29, 0.717) is 11.5 Å². The maximum atomic E-state index is 10.5. The summed E-state index contributed by atoms with van der Waals surface area (Å²) >= 11 is 1.89. The molecule has 0 aliphatic carbocycles. The SMILES string of the molecule is Oc1ccccc1C(CSCC(Cc1ccccc1)c1ccccc1O)Cc1ccccc1. The minimum atomic E-state index is 0.209. The van der Waals surface area contributed by atoms with Gasteiger partial charge in [0.2, 0.25) is 0 Å². The summed E-state index contributed by atoms with van der Waals surface area (Å²) in [5.41, 5.74) is 4.54. The van der Waals surface area contributed by atoms with Crippen LogP contribution in [0.25, 0.3) is 0 Å². The van der Waals surface area contributed by atoms with E-state index >= 15 is 0 Å². The average molecular weight is 455 g/mol. The molecule has 2 unspecified atom stereocenters. The van der Waals surface area contributed by atoms with Gasteiger partial charge in [-0.3, -0.25) is 0 Å². The lowest BCUT2D eigenvalue weighted by Crippen LogP contribution is -2.11. The molecule has 0 fully saturated rings. The minimum absolute atomic E-state index is 0.209. The van der Waals surface area contributed by atoms with Crippen LogP contribution in [0.1, 0.15) is 34.1 Å². The molecule has 0 saturated heterocycles. The Hall–Kier alpha value is -3.17. The van der Waals surface area contributed by atoms with Gasteiger partial charge in [-0.1, -0.05) is 97.1 Å². The molecule has 0 amide bonds. The second kappa shape index (κ2) is 11.6. The van der Waals surface area contributed by atoms with Gasteiger partial charge in [0.15, 0.2) is 0 Å². The smallest absolute Gasteiger partial charge is 0.119 e. The molecule has 0 bridgehead atoms. The number of phenolic OH excluding ortho intramolecular Hbond substituents is 2. The summed E-state index contributed by atoms with van der Waals surface area (Å²) in [4.78, 5) is 0. The first kappa shape index (κ1) is 23.0. The first-order valence-electron chi connectivity index (χ1n) is 11.4. The van der Waals surface area contributed by atoms with Crippen molar-refractivity contribution in [2.45, 2.75) is 24.7 Å². The molecular weight excluding hydrogens is 424 g/mol. The number of aromatic hydroxyl groups is 2. The molecule has 4 aromatic rings. The van der Waals surface area contributed by atoms with Gasteiger partial charge >= 0.3 is 0 Å². The van der Waals surface area contributed by atoms with E-state index in [-0.39, 0.29) is 11.8 Å². The van der Waals surface area contributed by atoms with Gasteiger partial charge in [-0.15, -0.1) is 0 Å². The van der Waals surface area contributed by atoms with Crippen molar-refractivity contribution in [2.75, 3.05) is 11.5 Å². The fourth-order valence-electron chi connectivity index (χ4n) is 4.33. The summed E-state index contributed by atoms with van der Waals surface area (Å²) in [6.45, 7) is 0. The average Bonchev–Trinajstić information content (AvgIpc) is 2.85. The molecule has 2 N–H and O–H groups in total. The fourth-order valence-corrected chi connectivity index (χ4v) is 5.63. The number of hydrogen-bond acceptors (Lipinski definition) is 3.